The first-order valence-electron chi connectivity index (χ1n) is 8.71. The molecule has 2 aromatic heterocycles. The molecule has 1 aliphatic rings. The first-order valence-corrected chi connectivity index (χ1v) is 10.5. The molecule has 0 saturated carbocycles. The highest BCUT2D eigenvalue weighted by Gasteiger charge is 2.22. The van der Waals surface area contributed by atoms with Crippen molar-refractivity contribution in [3.63, 3.8) is 0 Å². The molecule has 5 nitrogen and oxygen atoms in total. The maximum absolute atomic E-state index is 12.6. The van der Waals surface area contributed by atoms with Gasteiger partial charge >= 0.3 is 6.03 Å². The molecule has 0 saturated heterocycles. The summed E-state index contributed by atoms with van der Waals surface area (Å²) in [5.41, 5.74) is 3.06. The Bertz CT molecular complexity index is 936. The summed E-state index contributed by atoms with van der Waals surface area (Å²) in [6, 6.07) is 13.4. The molecule has 138 valence electrons. The molecule has 0 fully saturated rings. The van der Waals surface area contributed by atoms with Crippen molar-refractivity contribution in [1.82, 2.24) is 10.2 Å². The molecule has 0 atom stereocenters. The maximum Gasteiger partial charge on any atom is 0.319 e. The normalized spacial score (nSPS) is 13.1. The summed E-state index contributed by atoms with van der Waals surface area (Å²) in [6.07, 6.45) is 0.831. The summed E-state index contributed by atoms with van der Waals surface area (Å²) >= 11 is 3.08. The van der Waals surface area contributed by atoms with Crippen molar-refractivity contribution in [3.05, 3.63) is 74.1 Å². The number of urea groups is 1. The molecule has 0 radical (unpaired) electrons. The van der Waals surface area contributed by atoms with Gasteiger partial charge < -0.3 is 15.5 Å². The minimum atomic E-state index is -0.231. The monoisotopic (exact) mass is 397 g/mol. The van der Waals surface area contributed by atoms with Gasteiger partial charge in [0.1, 0.15) is 0 Å². The Labute approximate surface area is 165 Å². The molecule has 0 bridgehead atoms. The summed E-state index contributed by atoms with van der Waals surface area (Å²) in [5.74, 6) is 0.0719. The van der Waals surface area contributed by atoms with Crippen molar-refractivity contribution in [2.75, 3.05) is 11.9 Å². The van der Waals surface area contributed by atoms with Crippen LogP contribution in [0.15, 0.2) is 53.2 Å². The highest BCUT2D eigenvalue weighted by atomic mass is 32.1. The van der Waals surface area contributed by atoms with Crippen LogP contribution in [0.5, 0.6) is 0 Å². The second-order valence-corrected chi connectivity index (χ2v) is 8.30. The van der Waals surface area contributed by atoms with Crippen molar-refractivity contribution in [3.8, 4) is 0 Å². The summed E-state index contributed by atoms with van der Waals surface area (Å²) in [6.45, 7) is 1.80. The van der Waals surface area contributed by atoms with Crippen LogP contribution in [0.3, 0.4) is 0 Å². The average molecular weight is 398 g/mol. The average Bonchev–Trinajstić information content (AvgIpc) is 3.39. The van der Waals surface area contributed by atoms with E-state index in [9.17, 15) is 9.59 Å². The fraction of sp³-hybridized carbons (Fsp3) is 0.200. The van der Waals surface area contributed by atoms with E-state index in [1.165, 1.54) is 16.9 Å². The third kappa shape index (κ3) is 4.20. The molecule has 3 heterocycles. The Morgan fingerprint density at radius 1 is 1.04 bits per heavy atom. The van der Waals surface area contributed by atoms with Crippen molar-refractivity contribution in [2.24, 2.45) is 0 Å². The van der Waals surface area contributed by atoms with Gasteiger partial charge in [-0.1, -0.05) is 18.2 Å². The number of nitrogens with one attached hydrogen (secondary N) is 2. The minimum Gasteiger partial charge on any atom is -0.333 e. The predicted octanol–water partition coefficient (Wildman–Crippen LogP) is 4.33. The lowest BCUT2D eigenvalue weighted by atomic mass is 9.99. The molecule has 27 heavy (non-hydrogen) atoms. The Kier molecular flexibility index (Phi) is 5.22. The van der Waals surface area contributed by atoms with E-state index in [0.29, 0.717) is 13.1 Å². The number of benzene rings is 1. The number of rotatable bonds is 4. The van der Waals surface area contributed by atoms with E-state index in [1.54, 1.807) is 11.3 Å². The van der Waals surface area contributed by atoms with Gasteiger partial charge in [0.2, 0.25) is 0 Å². The van der Waals surface area contributed by atoms with E-state index >= 15 is 0 Å². The lowest BCUT2D eigenvalue weighted by Crippen LogP contribution is -2.35. The third-order valence-electron chi connectivity index (χ3n) is 4.50. The molecule has 7 heteroatoms. The van der Waals surface area contributed by atoms with Gasteiger partial charge in [-0.05, 0) is 52.6 Å². The third-order valence-corrected chi connectivity index (χ3v) is 6.23. The Morgan fingerprint density at radius 2 is 1.89 bits per heavy atom. The Balaban J connectivity index is 1.40. The van der Waals surface area contributed by atoms with Gasteiger partial charge in [-0.25, -0.2) is 4.79 Å². The van der Waals surface area contributed by atoms with Gasteiger partial charge in [0, 0.05) is 23.7 Å². The number of nitrogens with zero attached hydrogens (tertiary/aromatic N) is 1. The van der Waals surface area contributed by atoms with Gasteiger partial charge in [-0.15, -0.1) is 22.7 Å². The van der Waals surface area contributed by atoms with E-state index < -0.39 is 0 Å². The van der Waals surface area contributed by atoms with E-state index in [-0.39, 0.29) is 11.9 Å². The van der Waals surface area contributed by atoms with Crippen LogP contribution in [-0.4, -0.2) is 23.4 Å². The lowest BCUT2D eigenvalue weighted by Gasteiger charge is -2.29. The van der Waals surface area contributed by atoms with Crippen LogP contribution in [-0.2, 0) is 19.5 Å². The van der Waals surface area contributed by atoms with Crippen LogP contribution in [0, 0.1) is 0 Å². The second kappa shape index (κ2) is 7.94. The standard InChI is InChI=1S/C20H19N3O2S2/c24-19(18-4-2-10-27-18)23-8-7-14-5-6-16(11-15(14)13-23)22-20(25)21-12-17-3-1-9-26-17/h1-6,9-11H,7-8,12-13H2,(H2,21,22,25). The van der Waals surface area contributed by atoms with Gasteiger partial charge in [0.15, 0.2) is 0 Å². The molecule has 1 aromatic carbocycles. The molecule has 0 unspecified atom stereocenters. The quantitative estimate of drug-likeness (QED) is 0.688. The van der Waals surface area contributed by atoms with E-state index in [1.807, 2.05) is 58.1 Å². The minimum absolute atomic E-state index is 0.0719. The van der Waals surface area contributed by atoms with Gasteiger partial charge in [-0.2, -0.15) is 0 Å². The smallest absolute Gasteiger partial charge is 0.319 e. The highest BCUT2D eigenvalue weighted by molar-refractivity contribution is 7.12. The summed E-state index contributed by atoms with van der Waals surface area (Å²) in [5, 5.41) is 9.64. The molecular formula is C20H19N3O2S2. The highest BCUT2D eigenvalue weighted by Crippen LogP contribution is 2.24. The number of thiophene rings is 2. The van der Waals surface area contributed by atoms with Crippen LogP contribution in [0.2, 0.25) is 0 Å². The lowest BCUT2D eigenvalue weighted by molar-refractivity contribution is 0.0739. The number of hydrogen-bond acceptors (Lipinski definition) is 4. The van der Waals surface area contributed by atoms with Crippen molar-refractivity contribution >= 4 is 40.3 Å². The summed E-state index contributed by atoms with van der Waals surface area (Å²) in [7, 11) is 0. The number of amides is 3. The number of carbonyl (C=O) groups is 2. The summed E-state index contributed by atoms with van der Waals surface area (Å²) < 4.78 is 0. The molecule has 4 rings (SSSR count). The topological polar surface area (TPSA) is 61.4 Å². The number of carbonyl (C=O) groups excluding carboxylic acids is 2. The van der Waals surface area contributed by atoms with Crippen LogP contribution < -0.4 is 10.6 Å². The zero-order valence-electron chi connectivity index (χ0n) is 14.6. The van der Waals surface area contributed by atoms with Crippen LogP contribution >= 0.6 is 22.7 Å². The fourth-order valence-electron chi connectivity index (χ4n) is 3.12. The van der Waals surface area contributed by atoms with Crippen LogP contribution in [0.25, 0.3) is 0 Å². The van der Waals surface area contributed by atoms with Crippen LogP contribution in [0.4, 0.5) is 10.5 Å². The van der Waals surface area contributed by atoms with E-state index in [0.717, 1.165) is 34.0 Å². The van der Waals surface area contributed by atoms with Gasteiger partial charge in [0.25, 0.3) is 5.91 Å². The zero-order valence-corrected chi connectivity index (χ0v) is 16.2. The SMILES string of the molecule is O=C(NCc1cccs1)Nc1ccc2c(c1)CN(C(=O)c1cccs1)CC2. The Morgan fingerprint density at radius 3 is 2.67 bits per heavy atom. The first-order chi connectivity index (χ1) is 13.2. The van der Waals surface area contributed by atoms with E-state index in [2.05, 4.69) is 10.6 Å². The Hall–Kier alpha value is -2.64. The summed E-state index contributed by atoms with van der Waals surface area (Å²) in [4.78, 5) is 28.5. The molecule has 2 N–H and O–H groups in total. The van der Waals surface area contributed by atoms with Crippen molar-refractivity contribution < 1.29 is 9.59 Å². The van der Waals surface area contributed by atoms with Crippen LogP contribution in [0.1, 0.15) is 25.7 Å². The second-order valence-electron chi connectivity index (χ2n) is 6.32. The molecule has 0 spiro atoms. The number of fused-ring (bicyclic) bond motifs is 1. The zero-order chi connectivity index (χ0) is 18.6. The largest absolute Gasteiger partial charge is 0.333 e. The maximum atomic E-state index is 12.6. The first kappa shape index (κ1) is 17.8. The fourth-order valence-corrected chi connectivity index (χ4v) is 4.46. The number of anilines is 1. The number of hydrogen-bond donors (Lipinski definition) is 2. The molecule has 1 aliphatic heterocycles. The molecule has 3 aromatic rings. The van der Waals surface area contributed by atoms with Gasteiger partial charge in [0.05, 0.1) is 11.4 Å². The predicted molar refractivity (Wildman–Crippen MR) is 109 cm³/mol. The molecular weight excluding hydrogens is 378 g/mol. The van der Waals surface area contributed by atoms with E-state index in [4.69, 9.17) is 0 Å². The molecule has 3 amide bonds. The van der Waals surface area contributed by atoms with Crippen molar-refractivity contribution in [1.29, 1.82) is 0 Å². The van der Waals surface area contributed by atoms with Gasteiger partial charge in [-0.3, -0.25) is 4.79 Å². The molecule has 0 aliphatic carbocycles. The van der Waals surface area contributed by atoms with Crippen molar-refractivity contribution in [2.45, 2.75) is 19.5 Å².